The van der Waals surface area contributed by atoms with Gasteiger partial charge in [-0.2, -0.15) is 0 Å². The van der Waals surface area contributed by atoms with E-state index in [1.165, 1.54) is 16.0 Å². The summed E-state index contributed by atoms with van der Waals surface area (Å²) in [6, 6.07) is 16.4. The molecule has 2 nitrogen and oxygen atoms in total. The van der Waals surface area contributed by atoms with E-state index in [0.717, 1.165) is 11.4 Å². The van der Waals surface area contributed by atoms with Crippen molar-refractivity contribution in [3.8, 4) is 0 Å². The summed E-state index contributed by atoms with van der Waals surface area (Å²) in [6.45, 7) is 0. The van der Waals surface area contributed by atoms with Crippen molar-refractivity contribution in [1.82, 2.24) is 5.43 Å². The molecule has 0 bridgehead atoms. The number of hydrogen-bond donors (Lipinski definition) is 2. The summed E-state index contributed by atoms with van der Waals surface area (Å²) in [5.41, 5.74) is 5.23. The van der Waals surface area contributed by atoms with Gasteiger partial charge in [0.05, 0.1) is 0 Å². The van der Waals surface area contributed by atoms with Crippen molar-refractivity contribution < 1.29 is 0 Å². The van der Waals surface area contributed by atoms with Gasteiger partial charge in [0.15, 0.2) is 0 Å². The third kappa shape index (κ3) is 3.98. The van der Waals surface area contributed by atoms with Gasteiger partial charge in [0, 0.05) is 16.0 Å². The molecule has 0 aliphatic heterocycles. The van der Waals surface area contributed by atoms with Crippen molar-refractivity contribution in [2.45, 2.75) is 17.4 Å². The van der Waals surface area contributed by atoms with E-state index in [2.05, 4.69) is 42.0 Å². The first kappa shape index (κ1) is 14.4. The Labute approximate surface area is 123 Å². The molecule has 19 heavy (non-hydrogen) atoms. The summed E-state index contributed by atoms with van der Waals surface area (Å²) in [4.78, 5) is 1.25. The zero-order valence-corrected chi connectivity index (χ0v) is 12.3. The molecule has 0 saturated heterocycles. The Morgan fingerprint density at radius 1 is 1.21 bits per heavy atom. The van der Waals surface area contributed by atoms with E-state index >= 15 is 0 Å². The summed E-state index contributed by atoms with van der Waals surface area (Å²) < 4.78 is 0. The van der Waals surface area contributed by atoms with E-state index in [9.17, 15) is 0 Å². The van der Waals surface area contributed by atoms with Gasteiger partial charge < -0.3 is 0 Å². The number of halogens is 1. The molecule has 0 heterocycles. The fourth-order valence-corrected chi connectivity index (χ4v) is 2.63. The third-order valence-corrected chi connectivity index (χ3v) is 4.03. The lowest BCUT2D eigenvalue weighted by Gasteiger charge is -2.17. The number of thioether (sulfide) groups is 1. The summed E-state index contributed by atoms with van der Waals surface area (Å²) in [5, 5.41) is 0.756. The molecule has 1 unspecified atom stereocenters. The molecule has 0 saturated carbocycles. The van der Waals surface area contributed by atoms with Gasteiger partial charge in [-0.25, -0.2) is 0 Å². The lowest BCUT2D eigenvalue weighted by atomic mass is 9.99. The molecular weight excluding hydrogens is 276 g/mol. The van der Waals surface area contributed by atoms with Crippen LogP contribution in [-0.4, -0.2) is 6.26 Å². The highest BCUT2D eigenvalue weighted by atomic mass is 35.5. The minimum Gasteiger partial charge on any atom is -0.271 e. The van der Waals surface area contributed by atoms with Crippen LogP contribution in [0.4, 0.5) is 0 Å². The van der Waals surface area contributed by atoms with Gasteiger partial charge in [0.2, 0.25) is 0 Å². The van der Waals surface area contributed by atoms with Crippen LogP contribution in [0.1, 0.15) is 17.2 Å². The van der Waals surface area contributed by atoms with Crippen LogP contribution in [0.2, 0.25) is 5.02 Å². The Bertz CT molecular complexity index is 528. The predicted molar refractivity (Wildman–Crippen MR) is 83.4 cm³/mol. The predicted octanol–water partition coefficient (Wildman–Crippen LogP) is 3.81. The second kappa shape index (κ2) is 6.96. The monoisotopic (exact) mass is 292 g/mol. The molecule has 0 aliphatic rings. The normalized spacial score (nSPS) is 12.4. The van der Waals surface area contributed by atoms with Gasteiger partial charge in [0.1, 0.15) is 0 Å². The van der Waals surface area contributed by atoms with Gasteiger partial charge in [-0.1, -0.05) is 35.9 Å². The Morgan fingerprint density at radius 2 is 1.95 bits per heavy atom. The second-order valence-electron chi connectivity index (χ2n) is 4.33. The molecule has 4 heteroatoms. The topological polar surface area (TPSA) is 38.0 Å². The van der Waals surface area contributed by atoms with E-state index in [0.29, 0.717) is 0 Å². The number of benzene rings is 2. The van der Waals surface area contributed by atoms with Gasteiger partial charge in [-0.15, -0.1) is 11.8 Å². The van der Waals surface area contributed by atoms with Crippen LogP contribution in [-0.2, 0) is 6.42 Å². The zero-order chi connectivity index (χ0) is 13.7. The number of rotatable bonds is 5. The molecule has 0 aliphatic carbocycles. The van der Waals surface area contributed by atoms with Crippen LogP contribution in [0.3, 0.4) is 0 Å². The van der Waals surface area contributed by atoms with Crippen LogP contribution in [0.5, 0.6) is 0 Å². The van der Waals surface area contributed by atoms with Crippen molar-refractivity contribution in [3.05, 3.63) is 64.7 Å². The average Bonchev–Trinajstić information content (AvgIpc) is 2.45. The fourth-order valence-electron chi connectivity index (χ4n) is 2.01. The highest BCUT2D eigenvalue weighted by Crippen LogP contribution is 2.22. The molecule has 2 aromatic rings. The lowest BCUT2D eigenvalue weighted by Crippen LogP contribution is -2.29. The zero-order valence-electron chi connectivity index (χ0n) is 10.8. The standard InChI is InChI=1S/C15H17ClN2S/c1-19-14-7-5-12(6-8-14)15(18-17)10-11-3-2-4-13(16)9-11/h2-9,15,18H,10,17H2,1H3. The molecule has 0 amide bonds. The number of hydrogen-bond acceptors (Lipinski definition) is 3. The Hall–Kier alpha value is -1.00. The van der Waals surface area contributed by atoms with E-state index in [1.807, 2.05) is 18.2 Å². The van der Waals surface area contributed by atoms with Crippen molar-refractivity contribution in [2.24, 2.45) is 5.84 Å². The van der Waals surface area contributed by atoms with Crippen LogP contribution in [0.25, 0.3) is 0 Å². The molecule has 0 fully saturated rings. The number of hydrazine groups is 1. The van der Waals surface area contributed by atoms with E-state index in [4.69, 9.17) is 17.4 Å². The molecule has 2 rings (SSSR count). The van der Waals surface area contributed by atoms with Gasteiger partial charge in [-0.3, -0.25) is 11.3 Å². The van der Waals surface area contributed by atoms with Gasteiger partial charge in [-0.05, 0) is 48.1 Å². The Kier molecular flexibility index (Phi) is 5.28. The van der Waals surface area contributed by atoms with Crippen molar-refractivity contribution in [1.29, 1.82) is 0 Å². The van der Waals surface area contributed by atoms with Gasteiger partial charge >= 0.3 is 0 Å². The smallest absolute Gasteiger partial charge is 0.0500 e. The minimum absolute atomic E-state index is 0.0920. The van der Waals surface area contributed by atoms with Crippen molar-refractivity contribution >= 4 is 23.4 Å². The van der Waals surface area contributed by atoms with E-state index in [-0.39, 0.29) is 6.04 Å². The largest absolute Gasteiger partial charge is 0.271 e. The third-order valence-electron chi connectivity index (χ3n) is 3.05. The molecule has 100 valence electrons. The fraction of sp³-hybridized carbons (Fsp3) is 0.200. The first-order valence-corrected chi connectivity index (χ1v) is 7.67. The average molecular weight is 293 g/mol. The molecule has 1 atom stereocenters. The highest BCUT2D eigenvalue weighted by molar-refractivity contribution is 7.98. The lowest BCUT2D eigenvalue weighted by molar-refractivity contribution is 0.551. The maximum atomic E-state index is 6.00. The number of nitrogens with one attached hydrogen (secondary N) is 1. The maximum absolute atomic E-state index is 6.00. The quantitative estimate of drug-likeness (QED) is 0.500. The molecule has 0 aromatic heterocycles. The van der Waals surface area contributed by atoms with Crippen LogP contribution < -0.4 is 11.3 Å². The van der Waals surface area contributed by atoms with E-state index in [1.54, 1.807) is 11.8 Å². The highest BCUT2D eigenvalue weighted by Gasteiger charge is 2.10. The first-order valence-electron chi connectivity index (χ1n) is 6.07. The summed E-state index contributed by atoms with van der Waals surface area (Å²) >= 11 is 7.74. The van der Waals surface area contributed by atoms with E-state index < -0.39 is 0 Å². The summed E-state index contributed by atoms with van der Waals surface area (Å²) in [5.74, 6) is 5.67. The molecule has 2 aromatic carbocycles. The van der Waals surface area contributed by atoms with Crippen LogP contribution in [0, 0.1) is 0 Å². The maximum Gasteiger partial charge on any atom is 0.0500 e. The Morgan fingerprint density at radius 3 is 2.53 bits per heavy atom. The molecular formula is C15H17ClN2S. The molecule has 3 N–H and O–H groups in total. The van der Waals surface area contributed by atoms with Crippen molar-refractivity contribution in [2.75, 3.05) is 6.26 Å². The second-order valence-corrected chi connectivity index (χ2v) is 5.64. The first-order chi connectivity index (χ1) is 9.22. The summed E-state index contributed by atoms with van der Waals surface area (Å²) in [7, 11) is 0. The summed E-state index contributed by atoms with van der Waals surface area (Å²) in [6.07, 6.45) is 2.88. The van der Waals surface area contributed by atoms with Crippen molar-refractivity contribution in [3.63, 3.8) is 0 Å². The SMILES string of the molecule is CSc1ccc(C(Cc2cccc(Cl)c2)NN)cc1. The van der Waals surface area contributed by atoms with Crippen LogP contribution in [0.15, 0.2) is 53.4 Å². The Balaban J connectivity index is 2.15. The minimum atomic E-state index is 0.0920. The van der Waals surface area contributed by atoms with Crippen LogP contribution >= 0.6 is 23.4 Å². The molecule has 0 radical (unpaired) electrons. The van der Waals surface area contributed by atoms with Gasteiger partial charge in [0.25, 0.3) is 0 Å². The molecule has 0 spiro atoms. The number of nitrogens with two attached hydrogens (primary N) is 1.